The third-order valence-corrected chi connectivity index (χ3v) is 3.81. The molecule has 1 aromatic rings. The number of benzene rings is 1. The zero-order valence-corrected chi connectivity index (χ0v) is 15.2. The van der Waals surface area contributed by atoms with Gasteiger partial charge in [-0.15, -0.1) is 0 Å². The highest BCUT2D eigenvalue weighted by atomic mass is 32.2. The summed E-state index contributed by atoms with van der Waals surface area (Å²) in [5.74, 6) is -1.30. The van der Waals surface area contributed by atoms with Crippen molar-refractivity contribution >= 4 is 40.9 Å². The molecule has 0 aromatic heterocycles. The van der Waals surface area contributed by atoms with Crippen molar-refractivity contribution in [3.63, 3.8) is 0 Å². The molecule has 0 fully saturated rings. The molecule has 26 heavy (non-hydrogen) atoms. The number of carbonyl (C=O) groups is 3. The first-order valence-corrected chi connectivity index (χ1v) is 9.03. The van der Waals surface area contributed by atoms with Crippen molar-refractivity contribution in [3.8, 4) is 6.07 Å². The monoisotopic (exact) mass is 376 g/mol. The molecule has 0 bridgehead atoms. The van der Waals surface area contributed by atoms with E-state index in [4.69, 9.17) is 10.4 Å². The van der Waals surface area contributed by atoms with E-state index in [0.29, 0.717) is 23.5 Å². The number of nitrogens with zero attached hydrogens (tertiary/aromatic N) is 1. The van der Waals surface area contributed by atoms with Gasteiger partial charge in [0, 0.05) is 24.5 Å². The van der Waals surface area contributed by atoms with Crippen LogP contribution in [0.2, 0.25) is 0 Å². The molecule has 2 amide bonds. The average molecular weight is 376 g/mol. The van der Waals surface area contributed by atoms with Gasteiger partial charge in [-0.1, -0.05) is 0 Å². The van der Waals surface area contributed by atoms with Gasteiger partial charge in [0.1, 0.15) is 17.7 Å². The molecule has 1 unspecified atom stereocenters. The van der Waals surface area contributed by atoms with Crippen LogP contribution < -0.4 is 16.0 Å². The first kappa shape index (κ1) is 21.1. The van der Waals surface area contributed by atoms with Crippen LogP contribution in [0.1, 0.15) is 13.3 Å². The fourth-order valence-electron chi connectivity index (χ4n) is 1.88. The molecule has 0 saturated carbocycles. The second-order valence-electron chi connectivity index (χ2n) is 5.22. The summed E-state index contributed by atoms with van der Waals surface area (Å²) in [5, 5.41) is 26.0. The van der Waals surface area contributed by atoms with Crippen LogP contribution in [-0.4, -0.2) is 40.9 Å². The number of anilines is 2. The largest absolute Gasteiger partial charge is 0.480 e. The van der Waals surface area contributed by atoms with Gasteiger partial charge in [-0.25, -0.2) is 4.79 Å². The zero-order chi connectivity index (χ0) is 19.5. The van der Waals surface area contributed by atoms with E-state index >= 15 is 0 Å². The molecule has 0 spiro atoms. The molecule has 0 aliphatic rings. The molecule has 0 heterocycles. The number of carboxylic acid groups (broad SMARTS) is 1. The van der Waals surface area contributed by atoms with Gasteiger partial charge >= 0.3 is 5.97 Å². The highest BCUT2D eigenvalue weighted by Crippen LogP contribution is 2.14. The van der Waals surface area contributed by atoms with Crippen molar-refractivity contribution in [2.75, 3.05) is 22.6 Å². The van der Waals surface area contributed by atoms with Crippen LogP contribution in [-0.2, 0) is 14.4 Å². The molecule has 0 aliphatic heterocycles. The summed E-state index contributed by atoms with van der Waals surface area (Å²) in [4.78, 5) is 34.3. The van der Waals surface area contributed by atoms with Crippen LogP contribution in [0.3, 0.4) is 0 Å². The summed E-state index contributed by atoms with van der Waals surface area (Å²) < 4.78 is 0. The van der Waals surface area contributed by atoms with E-state index in [1.54, 1.807) is 30.3 Å². The van der Waals surface area contributed by atoms with Gasteiger partial charge in [0.25, 0.3) is 5.91 Å². The predicted octanol–water partition coefficient (Wildman–Crippen LogP) is 1.79. The van der Waals surface area contributed by atoms with Crippen LogP contribution in [0.25, 0.3) is 0 Å². The number of hydrogen-bond donors (Lipinski definition) is 4. The second kappa shape index (κ2) is 10.8. The Kier molecular flexibility index (Phi) is 8.74. The molecule has 0 saturated heterocycles. The van der Waals surface area contributed by atoms with Gasteiger partial charge in [0.15, 0.2) is 0 Å². The Morgan fingerprint density at radius 2 is 1.81 bits per heavy atom. The Labute approximate surface area is 155 Å². The summed E-state index contributed by atoms with van der Waals surface area (Å²) in [6.45, 7) is 1.39. The van der Waals surface area contributed by atoms with E-state index in [1.807, 2.05) is 6.26 Å². The summed E-state index contributed by atoms with van der Waals surface area (Å²) in [5.41, 5.74) is 0.764. The Bertz CT molecular complexity index is 725. The van der Waals surface area contributed by atoms with Crippen molar-refractivity contribution in [1.82, 2.24) is 5.32 Å². The van der Waals surface area contributed by atoms with Gasteiger partial charge in [-0.2, -0.15) is 17.0 Å². The number of amides is 2. The van der Waals surface area contributed by atoms with E-state index in [9.17, 15) is 14.4 Å². The molecule has 0 aliphatic carbocycles. The van der Waals surface area contributed by atoms with E-state index in [0.717, 1.165) is 6.20 Å². The molecular weight excluding hydrogens is 356 g/mol. The Hall–Kier alpha value is -2.99. The summed E-state index contributed by atoms with van der Waals surface area (Å²) in [6, 6.07) is 7.22. The van der Waals surface area contributed by atoms with Gasteiger partial charge < -0.3 is 21.1 Å². The Morgan fingerprint density at radius 1 is 1.23 bits per heavy atom. The lowest BCUT2D eigenvalue weighted by atomic mass is 10.2. The average Bonchev–Trinajstić information content (AvgIpc) is 2.59. The van der Waals surface area contributed by atoms with E-state index < -0.39 is 17.9 Å². The van der Waals surface area contributed by atoms with Gasteiger partial charge in [0.2, 0.25) is 5.91 Å². The SMILES string of the molecule is CSCCC(N/C=C(/C#N)C(=O)Nc1ccc(NC(C)=O)cc1)C(=O)O. The molecule has 0 radical (unpaired) electrons. The Balaban J connectivity index is 2.74. The third-order valence-electron chi connectivity index (χ3n) is 3.17. The summed E-state index contributed by atoms with van der Waals surface area (Å²) in [7, 11) is 0. The van der Waals surface area contributed by atoms with Crippen molar-refractivity contribution in [2.45, 2.75) is 19.4 Å². The summed E-state index contributed by atoms with van der Waals surface area (Å²) in [6.07, 6.45) is 3.33. The number of aliphatic carboxylic acids is 1. The molecule has 1 atom stereocenters. The lowest BCUT2D eigenvalue weighted by Crippen LogP contribution is -2.34. The van der Waals surface area contributed by atoms with E-state index in [-0.39, 0.29) is 11.5 Å². The molecule has 1 rings (SSSR count). The third kappa shape index (κ3) is 7.27. The quantitative estimate of drug-likeness (QED) is 0.382. The minimum absolute atomic E-state index is 0.211. The lowest BCUT2D eigenvalue weighted by Gasteiger charge is -2.12. The van der Waals surface area contributed by atoms with E-state index in [2.05, 4.69) is 16.0 Å². The fraction of sp³-hybridized carbons (Fsp3) is 0.294. The molecule has 138 valence electrons. The topological polar surface area (TPSA) is 131 Å². The van der Waals surface area contributed by atoms with Crippen molar-refractivity contribution in [3.05, 3.63) is 36.0 Å². The molecular formula is C17H20N4O4S. The number of carbonyl (C=O) groups excluding carboxylic acids is 2. The number of nitrogens with one attached hydrogen (secondary N) is 3. The number of carboxylic acids is 1. The smallest absolute Gasteiger partial charge is 0.326 e. The van der Waals surface area contributed by atoms with Crippen molar-refractivity contribution in [2.24, 2.45) is 0 Å². The highest BCUT2D eigenvalue weighted by Gasteiger charge is 2.16. The van der Waals surface area contributed by atoms with Gasteiger partial charge in [-0.3, -0.25) is 9.59 Å². The van der Waals surface area contributed by atoms with Crippen LogP contribution in [0.4, 0.5) is 11.4 Å². The molecule has 9 heteroatoms. The molecule has 1 aromatic carbocycles. The minimum Gasteiger partial charge on any atom is -0.480 e. The maximum atomic E-state index is 12.1. The molecule has 4 N–H and O–H groups in total. The van der Waals surface area contributed by atoms with Crippen LogP contribution in [0, 0.1) is 11.3 Å². The highest BCUT2D eigenvalue weighted by molar-refractivity contribution is 7.98. The van der Waals surface area contributed by atoms with E-state index in [1.165, 1.54) is 18.7 Å². The lowest BCUT2D eigenvalue weighted by molar-refractivity contribution is -0.139. The number of rotatable bonds is 9. The van der Waals surface area contributed by atoms with Gasteiger partial charge in [0.05, 0.1) is 0 Å². The maximum absolute atomic E-state index is 12.1. The number of thioether (sulfide) groups is 1. The Morgan fingerprint density at radius 3 is 2.27 bits per heavy atom. The van der Waals surface area contributed by atoms with Crippen LogP contribution >= 0.6 is 11.8 Å². The first-order valence-electron chi connectivity index (χ1n) is 7.64. The van der Waals surface area contributed by atoms with Crippen LogP contribution in [0.5, 0.6) is 0 Å². The predicted molar refractivity (Wildman–Crippen MR) is 101 cm³/mol. The zero-order valence-electron chi connectivity index (χ0n) is 14.4. The number of hydrogen-bond acceptors (Lipinski definition) is 6. The number of nitriles is 1. The standard InChI is InChI=1S/C17H20N4O4S/c1-11(22)20-13-3-5-14(6-4-13)21-16(23)12(9-18)10-19-15(17(24)25)7-8-26-2/h3-6,10,15,19H,7-8H2,1-2H3,(H,20,22)(H,21,23)(H,24,25)/b12-10-. The van der Waals surface area contributed by atoms with Gasteiger partial charge in [-0.05, 0) is 42.7 Å². The second-order valence-corrected chi connectivity index (χ2v) is 6.21. The summed E-state index contributed by atoms with van der Waals surface area (Å²) >= 11 is 1.51. The first-order chi connectivity index (χ1) is 12.4. The van der Waals surface area contributed by atoms with Crippen LogP contribution in [0.15, 0.2) is 36.0 Å². The van der Waals surface area contributed by atoms with Crippen molar-refractivity contribution < 1.29 is 19.5 Å². The maximum Gasteiger partial charge on any atom is 0.326 e. The fourth-order valence-corrected chi connectivity index (χ4v) is 2.36. The normalized spacial score (nSPS) is 11.8. The van der Waals surface area contributed by atoms with Crippen molar-refractivity contribution in [1.29, 1.82) is 5.26 Å². The molecule has 8 nitrogen and oxygen atoms in total. The minimum atomic E-state index is -1.05.